The highest BCUT2D eigenvalue weighted by Crippen LogP contribution is 2.35. The number of aromatic nitrogens is 1. The van der Waals surface area contributed by atoms with Gasteiger partial charge >= 0.3 is 5.97 Å². The second-order valence-corrected chi connectivity index (χ2v) is 7.67. The van der Waals surface area contributed by atoms with Crippen LogP contribution in [0.5, 0.6) is 5.75 Å². The van der Waals surface area contributed by atoms with Gasteiger partial charge in [0, 0.05) is 12.2 Å². The number of carbonyl (C=O) groups excluding carboxylic acids is 3. The van der Waals surface area contributed by atoms with Gasteiger partial charge in [0.05, 0.1) is 36.6 Å². The van der Waals surface area contributed by atoms with Crippen LogP contribution in [-0.4, -0.2) is 55.0 Å². The van der Waals surface area contributed by atoms with Crippen molar-refractivity contribution in [1.82, 2.24) is 10.3 Å². The molecule has 1 aliphatic rings. The van der Waals surface area contributed by atoms with E-state index >= 15 is 0 Å². The van der Waals surface area contributed by atoms with Crippen LogP contribution >= 0.6 is 0 Å². The molecule has 1 aromatic heterocycles. The van der Waals surface area contributed by atoms with Crippen LogP contribution in [-0.2, 0) is 9.53 Å². The molecular formula is C23H29N3O5. The van der Waals surface area contributed by atoms with Crippen LogP contribution < -0.4 is 15.0 Å². The Morgan fingerprint density at radius 2 is 2.00 bits per heavy atom. The van der Waals surface area contributed by atoms with E-state index in [-0.39, 0.29) is 18.2 Å². The number of amides is 1. The van der Waals surface area contributed by atoms with E-state index in [1.165, 1.54) is 7.11 Å². The summed E-state index contributed by atoms with van der Waals surface area (Å²) >= 11 is 0. The number of anilines is 1. The van der Waals surface area contributed by atoms with Crippen molar-refractivity contribution in [3.05, 3.63) is 46.8 Å². The summed E-state index contributed by atoms with van der Waals surface area (Å²) in [6.45, 7) is 8.03. The molecule has 0 aliphatic carbocycles. The predicted molar refractivity (Wildman–Crippen MR) is 117 cm³/mol. The van der Waals surface area contributed by atoms with Gasteiger partial charge in [0.2, 0.25) is 5.78 Å². The van der Waals surface area contributed by atoms with Crippen molar-refractivity contribution >= 4 is 23.3 Å². The molecule has 2 heterocycles. The molecule has 0 bridgehead atoms. The summed E-state index contributed by atoms with van der Waals surface area (Å²) < 4.78 is 10.8. The first-order chi connectivity index (χ1) is 14.8. The highest BCUT2D eigenvalue weighted by molar-refractivity contribution is 6.05. The summed E-state index contributed by atoms with van der Waals surface area (Å²) in [5.41, 5.74) is 2.62. The zero-order chi connectivity index (χ0) is 22.7. The number of nitrogens with zero attached hydrogens (tertiary/aromatic N) is 1. The van der Waals surface area contributed by atoms with Crippen LogP contribution in [0.2, 0.25) is 0 Å². The fourth-order valence-corrected chi connectivity index (χ4v) is 3.88. The lowest BCUT2D eigenvalue weighted by atomic mass is 10.0. The van der Waals surface area contributed by atoms with Crippen molar-refractivity contribution in [2.45, 2.75) is 46.3 Å². The molecule has 0 saturated heterocycles. The summed E-state index contributed by atoms with van der Waals surface area (Å²) in [4.78, 5) is 43.0. The van der Waals surface area contributed by atoms with Crippen LogP contribution in [0.3, 0.4) is 0 Å². The van der Waals surface area contributed by atoms with Gasteiger partial charge < -0.3 is 24.7 Å². The number of aryl methyl sites for hydroxylation is 1. The number of nitrogens with one attached hydrogen (secondary N) is 2. The average Bonchev–Trinajstić information content (AvgIpc) is 3.08. The third kappa shape index (κ3) is 4.28. The van der Waals surface area contributed by atoms with Gasteiger partial charge in [-0.2, -0.15) is 0 Å². The molecule has 1 amide bonds. The Morgan fingerprint density at radius 1 is 1.29 bits per heavy atom. The first kappa shape index (κ1) is 22.4. The summed E-state index contributed by atoms with van der Waals surface area (Å²) in [6.07, 6.45) is 0.0931. The minimum atomic E-state index is -0.728. The second kappa shape index (κ2) is 9.24. The summed E-state index contributed by atoms with van der Waals surface area (Å²) in [5, 5.41) is 2.86. The Kier molecular flexibility index (Phi) is 6.68. The van der Waals surface area contributed by atoms with Gasteiger partial charge in [0.1, 0.15) is 5.75 Å². The molecule has 1 aliphatic heterocycles. The molecule has 8 heteroatoms. The molecule has 2 aromatic rings. The Balaban J connectivity index is 1.92. The zero-order valence-corrected chi connectivity index (χ0v) is 18.6. The van der Waals surface area contributed by atoms with Crippen molar-refractivity contribution in [2.75, 3.05) is 25.1 Å². The number of fused-ring (bicyclic) bond motifs is 1. The number of esters is 1. The largest absolute Gasteiger partial charge is 0.477 e. The SMILES string of the molecule is CCCNC(=O)[C@H]1CN([C@@H](C)C(=O)c2[nH]c(C)c(C(=O)OC)c2C)c2ccccc2O1. The number of carbonyl (C=O) groups is 3. The molecule has 0 fully saturated rings. The minimum Gasteiger partial charge on any atom is -0.477 e. The fourth-order valence-electron chi connectivity index (χ4n) is 3.88. The van der Waals surface area contributed by atoms with Crippen LogP contribution in [0.1, 0.15) is 52.4 Å². The molecule has 2 atom stereocenters. The highest BCUT2D eigenvalue weighted by atomic mass is 16.5. The van der Waals surface area contributed by atoms with Gasteiger partial charge in [0.25, 0.3) is 5.91 Å². The topological polar surface area (TPSA) is 101 Å². The number of hydrogen-bond acceptors (Lipinski definition) is 6. The van der Waals surface area contributed by atoms with E-state index in [1.807, 2.05) is 30.0 Å². The van der Waals surface area contributed by atoms with E-state index in [4.69, 9.17) is 9.47 Å². The first-order valence-electron chi connectivity index (χ1n) is 10.4. The lowest BCUT2D eigenvalue weighted by molar-refractivity contribution is -0.127. The third-order valence-electron chi connectivity index (χ3n) is 5.57. The Bertz CT molecular complexity index is 997. The number of aromatic amines is 1. The van der Waals surface area contributed by atoms with Crippen molar-refractivity contribution in [1.29, 1.82) is 0 Å². The molecule has 2 N–H and O–H groups in total. The summed E-state index contributed by atoms with van der Waals surface area (Å²) in [6, 6.07) is 6.76. The van der Waals surface area contributed by atoms with Crippen molar-refractivity contribution in [2.24, 2.45) is 0 Å². The van der Waals surface area contributed by atoms with E-state index < -0.39 is 18.1 Å². The Hall–Kier alpha value is -3.29. The molecule has 166 valence electrons. The van der Waals surface area contributed by atoms with Crippen LogP contribution in [0.25, 0.3) is 0 Å². The van der Waals surface area contributed by atoms with E-state index in [0.29, 0.717) is 34.8 Å². The number of hydrogen-bond donors (Lipinski definition) is 2. The van der Waals surface area contributed by atoms with Gasteiger partial charge in [-0.15, -0.1) is 0 Å². The monoisotopic (exact) mass is 427 g/mol. The zero-order valence-electron chi connectivity index (χ0n) is 18.6. The number of benzene rings is 1. The van der Waals surface area contributed by atoms with Crippen LogP contribution in [0, 0.1) is 13.8 Å². The lowest BCUT2D eigenvalue weighted by Gasteiger charge is -2.38. The highest BCUT2D eigenvalue weighted by Gasteiger charge is 2.36. The number of methoxy groups -OCH3 is 1. The maximum Gasteiger partial charge on any atom is 0.339 e. The standard InChI is InChI=1S/C23H29N3O5/c1-6-11-24-22(28)18-12-26(16-9-7-8-10-17(16)31-18)15(4)21(27)20-13(2)19(14(3)25-20)23(29)30-5/h7-10,15,18,25H,6,11-12H2,1-5H3,(H,24,28)/t15-,18+/m0/s1. The first-order valence-corrected chi connectivity index (χ1v) is 10.4. The van der Waals surface area contributed by atoms with E-state index in [1.54, 1.807) is 26.8 Å². The predicted octanol–water partition coefficient (Wildman–Crippen LogP) is 2.78. The molecule has 1 aromatic carbocycles. The summed E-state index contributed by atoms with van der Waals surface area (Å²) in [5.74, 6) is -0.317. The maximum atomic E-state index is 13.4. The van der Waals surface area contributed by atoms with E-state index in [0.717, 1.165) is 12.1 Å². The molecule has 3 rings (SSSR count). The van der Waals surface area contributed by atoms with Gasteiger partial charge in [-0.25, -0.2) is 4.79 Å². The van der Waals surface area contributed by atoms with Gasteiger partial charge in [-0.1, -0.05) is 19.1 Å². The van der Waals surface area contributed by atoms with Crippen molar-refractivity contribution in [3.63, 3.8) is 0 Å². The van der Waals surface area contributed by atoms with Gasteiger partial charge in [-0.05, 0) is 44.9 Å². The normalized spacial score (nSPS) is 16.2. The molecule has 0 unspecified atom stereocenters. The number of H-pyrrole nitrogens is 1. The molecule has 0 saturated carbocycles. The lowest BCUT2D eigenvalue weighted by Crippen LogP contribution is -2.53. The number of ether oxygens (including phenoxy) is 2. The molecule has 0 radical (unpaired) electrons. The van der Waals surface area contributed by atoms with Crippen LogP contribution in [0.4, 0.5) is 5.69 Å². The third-order valence-corrected chi connectivity index (χ3v) is 5.57. The number of para-hydroxylation sites is 2. The van der Waals surface area contributed by atoms with E-state index in [9.17, 15) is 14.4 Å². The minimum absolute atomic E-state index is 0.180. The second-order valence-electron chi connectivity index (χ2n) is 7.67. The molecular weight excluding hydrogens is 398 g/mol. The Labute approximate surface area is 181 Å². The molecule has 31 heavy (non-hydrogen) atoms. The number of ketones is 1. The van der Waals surface area contributed by atoms with Crippen molar-refractivity contribution in [3.8, 4) is 5.75 Å². The Morgan fingerprint density at radius 3 is 2.68 bits per heavy atom. The number of rotatable bonds is 7. The summed E-state index contributed by atoms with van der Waals surface area (Å²) in [7, 11) is 1.31. The smallest absolute Gasteiger partial charge is 0.339 e. The fraction of sp³-hybridized carbons (Fsp3) is 0.435. The molecule has 0 spiro atoms. The van der Waals surface area contributed by atoms with Gasteiger partial charge in [-0.3, -0.25) is 9.59 Å². The van der Waals surface area contributed by atoms with Crippen molar-refractivity contribution < 1.29 is 23.9 Å². The maximum absolute atomic E-state index is 13.4. The van der Waals surface area contributed by atoms with E-state index in [2.05, 4.69) is 10.3 Å². The van der Waals surface area contributed by atoms with Gasteiger partial charge in [0.15, 0.2) is 6.10 Å². The average molecular weight is 428 g/mol. The number of Topliss-reactive ketones (excluding diaryl/α,β-unsaturated/α-hetero) is 1. The molecule has 8 nitrogen and oxygen atoms in total. The van der Waals surface area contributed by atoms with Crippen LogP contribution in [0.15, 0.2) is 24.3 Å². The quantitative estimate of drug-likeness (QED) is 0.521.